The molecule has 1 unspecified atom stereocenters. The van der Waals surface area contributed by atoms with Crippen molar-refractivity contribution in [2.45, 2.75) is 13.0 Å². The van der Waals surface area contributed by atoms with Crippen LogP contribution in [0.2, 0.25) is 0 Å². The zero-order valence-electron chi connectivity index (χ0n) is 10.1. The van der Waals surface area contributed by atoms with E-state index in [2.05, 4.69) is 5.32 Å². The predicted molar refractivity (Wildman–Crippen MR) is 64.5 cm³/mol. The SMILES string of the molecule is CC(NCCOCC(N)=O)c1cc(F)ccc1O. The molecule has 6 heteroatoms. The molecule has 4 N–H and O–H groups in total. The minimum absolute atomic E-state index is 0.0365. The number of hydrogen-bond acceptors (Lipinski definition) is 4. The molecule has 0 aromatic heterocycles. The van der Waals surface area contributed by atoms with Gasteiger partial charge in [-0.25, -0.2) is 4.39 Å². The van der Waals surface area contributed by atoms with Gasteiger partial charge in [-0.2, -0.15) is 0 Å². The zero-order chi connectivity index (χ0) is 13.5. The Balaban J connectivity index is 2.38. The quantitative estimate of drug-likeness (QED) is 0.626. The van der Waals surface area contributed by atoms with Crippen molar-refractivity contribution in [1.29, 1.82) is 0 Å². The van der Waals surface area contributed by atoms with Crippen molar-refractivity contribution in [2.24, 2.45) is 5.73 Å². The molecule has 0 fully saturated rings. The third kappa shape index (κ3) is 4.68. The van der Waals surface area contributed by atoms with Gasteiger partial charge in [-0.05, 0) is 25.1 Å². The number of carbonyl (C=O) groups is 1. The molecular formula is C12H17FN2O3. The molecule has 0 aliphatic carbocycles. The molecule has 0 aliphatic rings. The topological polar surface area (TPSA) is 84.6 Å². The van der Waals surface area contributed by atoms with E-state index >= 15 is 0 Å². The number of primary amides is 1. The minimum atomic E-state index is -0.522. The summed E-state index contributed by atoms with van der Waals surface area (Å²) in [5.41, 5.74) is 5.38. The van der Waals surface area contributed by atoms with Gasteiger partial charge >= 0.3 is 0 Å². The fraction of sp³-hybridized carbons (Fsp3) is 0.417. The Bertz CT molecular complexity index is 412. The summed E-state index contributed by atoms with van der Waals surface area (Å²) in [4.78, 5) is 10.4. The van der Waals surface area contributed by atoms with Gasteiger partial charge in [0, 0.05) is 18.2 Å². The Kier molecular flexibility index (Phi) is 5.54. The van der Waals surface area contributed by atoms with Crippen LogP contribution in [-0.4, -0.2) is 30.8 Å². The van der Waals surface area contributed by atoms with Gasteiger partial charge in [0.25, 0.3) is 0 Å². The molecule has 0 bridgehead atoms. The van der Waals surface area contributed by atoms with Crippen molar-refractivity contribution in [1.82, 2.24) is 5.32 Å². The van der Waals surface area contributed by atoms with Gasteiger partial charge in [0.05, 0.1) is 6.61 Å². The minimum Gasteiger partial charge on any atom is -0.508 e. The van der Waals surface area contributed by atoms with Crippen LogP contribution >= 0.6 is 0 Å². The second-order valence-corrected chi connectivity index (χ2v) is 3.90. The van der Waals surface area contributed by atoms with Gasteiger partial charge in [-0.1, -0.05) is 0 Å². The molecular weight excluding hydrogens is 239 g/mol. The van der Waals surface area contributed by atoms with Crippen molar-refractivity contribution in [2.75, 3.05) is 19.8 Å². The van der Waals surface area contributed by atoms with E-state index in [0.29, 0.717) is 18.7 Å². The largest absolute Gasteiger partial charge is 0.508 e. The highest BCUT2D eigenvalue weighted by atomic mass is 19.1. The summed E-state index contributed by atoms with van der Waals surface area (Å²) in [7, 11) is 0. The highest BCUT2D eigenvalue weighted by Gasteiger charge is 2.10. The van der Waals surface area contributed by atoms with Gasteiger partial charge in [0.1, 0.15) is 18.2 Å². The summed E-state index contributed by atoms with van der Waals surface area (Å²) >= 11 is 0. The van der Waals surface area contributed by atoms with Gasteiger partial charge in [-0.3, -0.25) is 4.79 Å². The van der Waals surface area contributed by atoms with Crippen LogP contribution in [0.1, 0.15) is 18.5 Å². The molecule has 1 aromatic carbocycles. The van der Waals surface area contributed by atoms with E-state index in [1.165, 1.54) is 18.2 Å². The number of benzene rings is 1. The molecule has 1 amide bonds. The van der Waals surface area contributed by atoms with Crippen LogP contribution in [0.4, 0.5) is 4.39 Å². The Morgan fingerprint density at radius 1 is 1.61 bits per heavy atom. The standard InChI is InChI=1S/C12H17FN2O3/c1-8(15-4-5-18-7-12(14)17)10-6-9(13)2-3-11(10)16/h2-3,6,8,15-16H,4-5,7H2,1H3,(H2,14,17). The van der Waals surface area contributed by atoms with Gasteiger partial charge in [-0.15, -0.1) is 0 Å². The fourth-order valence-electron chi connectivity index (χ4n) is 1.50. The second-order valence-electron chi connectivity index (χ2n) is 3.90. The number of hydrogen-bond donors (Lipinski definition) is 3. The maximum absolute atomic E-state index is 13.0. The molecule has 1 aromatic rings. The first kappa shape index (κ1) is 14.4. The van der Waals surface area contributed by atoms with E-state index in [4.69, 9.17) is 10.5 Å². The van der Waals surface area contributed by atoms with Crippen LogP contribution in [0.15, 0.2) is 18.2 Å². The third-order valence-corrected chi connectivity index (χ3v) is 2.40. The van der Waals surface area contributed by atoms with Gasteiger partial charge in [0.2, 0.25) is 5.91 Å². The van der Waals surface area contributed by atoms with Crippen molar-refractivity contribution >= 4 is 5.91 Å². The summed E-state index contributed by atoms with van der Waals surface area (Å²) < 4.78 is 18.0. The average Bonchev–Trinajstić information content (AvgIpc) is 2.31. The summed E-state index contributed by atoms with van der Waals surface area (Å²) in [6, 6.07) is 3.56. The fourth-order valence-corrected chi connectivity index (χ4v) is 1.50. The summed E-state index contributed by atoms with van der Waals surface area (Å²) in [5.74, 6) is -0.887. The number of ether oxygens (including phenoxy) is 1. The van der Waals surface area contributed by atoms with Crippen LogP contribution in [0, 0.1) is 5.82 Å². The molecule has 0 radical (unpaired) electrons. The lowest BCUT2D eigenvalue weighted by molar-refractivity contribution is -0.122. The lowest BCUT2D eigenvalue weighted by Crippen LogP contribution is -2.26. The number of phenols is 1. The summed E-state index contributed by atoms with van der Waals surface area (Å²) in [6.45, 7) is 2.44. The Morgan fingerprint density at radius 3 is 3.00 bits per heavy atom. The van der Waals surface area contributed by atoms with E-state index < -0.39 is 11.7 Å². The summed E-state index contributed by atoms with van der Waals surface area (Å²) in [5, 5.41) is 12.6. The molecule has 1 rings (SSSR count). The number of rotatable bonds is 7. The van der Waals surface area contributed by atoms with E-state index in [0.717, 1.165) is 0 Å². The monoisotopic (exact) mass is 256 g/mol. The van der Waals surface area contributed by atoms with Crippen molar-refractivity contribution < 1.29 is 19.0 Å². The molecule has 100 valence electrons. The van der Waals surface area contributed by atoms with Gasteiger partial charge < -0.3 is 20.9 Å². The van der Waals surface area contributed by atoms with Crippen molar-refractivity contribution in [3.63, 3.8) is 0 Å². The maximum Gasteiger partial charge on any atom is 0.243 e. The van der Waals surface area contributed by atoms with Crippen LogP contribution in [0.25, 0.3) is 0 Å². The maximum atomic E-state index is 13.0. The number of nitrogens with one attached hydrogen (secondary N) is 1. The smallest absolute Gasteiger partial charge is 0.243 e. The molecule has 0 aliphatic heterocycles. The molecule has 18 heavy (non-hydrogen) atoms. The first-order chi connectivity index (χ1) is 8.50. The van der Waals surface area contributed by atoms with E-state index in [9.17, 15) is 14.3 Å². The number of carbonyl (C=O) groups excluding carboxylic acids is 1. The summed E-state index contributed by atoms with van der Waals surface area (Å²) in [6.07, 6.45) is 0. The molecule has 1 atom stereocenters. The van der Waals surface area contributed by atoms with Gasteiger partial charge in [0.15, 0.2) is 0 Å². The van der Waals surface area contributed by atoms with Crippen LogP contribution in [0.5, 0.6) is 5.75 Å². The Morgan fingerprint density at radius 2 is 2.33 bits per heavy atom. The van der Waals surface area contributed by atoms with E-state index in [1.54, 1.807) is 6.92 Å². The second kappa shape index (κ2) is 6.93. The first-order valence-corrected chi connectivity index (χ1v) is 5.58. The molecule has 0 saturated carbocycles. The molecule has 5 nitrogen and oxygen atoms in total. The highest BCUT2D eigenvalue weighted by molar-refractivity contribution is 5.74. The first-order valence-electron chi connectivity index (χ1n) is 5.58. The lowest BCUT2D eigenvalue weighted by Gasteiger charge is -2.15. The zero-order valence-corrected chi connectivity index (χ0v) is 10.1. The van der Waals surface area contributed by atoms with Crippen LogP contribution in [-0.2, 0) is 9.53 Å². The number of aromatic hydroxyl groups is 1. The average molecular weight is 256 g/mol. The van der Waals surface area contributed by atoms with E-state index in [-0.39, 0.29) is 18.4 Å². The molecule has 0 saturated heterocycles. The molecule has 0 spiro atoms. The Labute approximate surface area is 105 Å². The van der Waals surface area contributed by atoms with Crippen LogP contribution in [0.3, 0.4) is 0 Å². The predicted octanol–water partition coefficient (Wildman–Crippen LogP) is 0.684. The number of phenolic OH excluding ortho intramolecular Hbond substituents is 1. The Hall–Kier alpha value is -1.66. The number of halogens is 1. The third-order valence-electron chi connectivity index (χ3n) is 2.40. The van der Waals surface area contributed by atoms with Crippen LogP contribution < -0.4 is 11.1 Å². The highest BCUT2D eigenvalue weighted by Crippen LogP contribution is 2.24. The number of amides is 1. The van der Waals surface area contributed by atoms with Crippen molar-refractivity contribution in [3.8, 4) is 5.75 Å². The normalized spacial score (nSPS) is 12.3. The molecule has 0 heterocycles. The van der Waals surface area contributed by atoms with Crippen molar-refractivity contribution in [3.05, 3.63) is 29.6 Å². The number of nitrogens with two attached hydrogens (primary N) is 1. The lowest BCUT2D eigenvalue weighted by atomic mass is 10.1. The van der Waals surface area contributed by atoms with E-state index in [1.807, 2.05) is 0 Å².